The number of pyridine rings is 1. The molecule has 2 heterocycles. The van der Waals surface area contributed by atoms with E-state index < -0.39 is 17.7 Å². The molecule has 1 aliphatic rings. The zero-order chi connectivity index (χ0) is 25.8. The minimum absolute atomic E-state index is 0.00312. The number of hydrogen-bond acceptors (Lipinski definition) is 7. The summed E-state index contributed by atoms with van der Waals surface area (Å²) in [5.74, 6) is -0.109. The van der Waals surface area contributed by atoms with E-state index in [4.69, 9.17) is 14.2 Å². The van der Waals surface area contributed by atoms with Gasteiger partial charge in [0, 0.05) is 24.5 Å². The Bertz CT molecular complexity index is 1320. The Morgan fingerprint density at radius 3 is 2.47 bits per heavy atom. The molecule has 1 amide bonds. The molecule has 0 spiro atoms. The fourth-order valence-electron chi connectivity index (χ4n) is 4.40. The van der Waals surface area contributed by atoms with Gasteiger partial charge >= 0.3 is 0 Å². The fraction of sp³-hybridized carbons (Fsp3) is 0.250. The number of carbonyl (C=O) groups excluding carboxylic acids is 2. The van der Waals surface area contributed by atoms with E-state index in [-0.39, 0.29) is 17.9 Å². The molecule has 1 atom stereocenters. The molecule has 1 aliphatic heterocycles. The van der Waals surface area contributed by atoms with Crippen molar-refractivity contribution in [1.29, 1.82) is 0 Å². The van der Waals surface area contributed by atoms with Crippen LogP contribution in [0.5, 0.6) is 17.2 Å². The molecule has 0 bridgehead atoms. The summed E-state index contributed by atoms with van der Waals surface area (Å²) in [6.45, 7) is 4.34. The van der Waals surface area contributed by atoms with Gasteiger partial charge in [0.1, 0.15) is 11.5 Å². The van der Waals surface area contributed by atoms with Crippen molar-refractivity contribution >= 4 is 17.4 Å². The van der Waals surface area contributed by atoms with Crippen LogP contribution in [-0.2, 0) is 16.1 Å². The molecule has 3 aromatic rings. The maximum absolute atomic E-state index is 13.4. The van der Waals surface area contributed by atoms with Gasteiger partial charge in [-0.05, 0) is 66.9 Å². The number of amides is 1. The van der Waals surface area contributed by atoms with E-state index in [0.29, 0.717) is 40.5 Å². The molecule has 0 radical (unpaired) electrons. The van der Waals surface area contributed by atoms with Crippen LogP contribution >= 0.6 is 0 Å². The highest BCUT2D eigenvalue weighted by Crippen LogP contribution is 2.43. The Morgan fingerprint density at radius 2 is 1.83 bits per heavy atom. The molecule has 186 valence electrons. The van der Waals surface area contributed by atoms with Gasteiger partial charge in [-0.3, -0.25) is 14.6 Å². The largest absolute Gasteiger partial charge is 0.507 e. The Kier molecular flexibility index (Phi) is 7.24. The van der Waals surface area contributed by atoms with E-state index in [0.717, 1.165) is 5.56 Å². The first kappa shape index (κ1) is 24.8. The Hall–Kier alpha value is -4.33. The number of likely N-dealkylation sites (tertiary alicyclic amines) is 1. The third-order valence-electron chi connectivity index (χ3n) is 6.10. The van der Waals surface area contributed by atoms with Crippen LogP contribution < -0.4 is 14.2 Å². The van der Waals surface area contributed by atoms with Crippen molar-refractivity contribution in [2.45, 2.75) is 26.4 Å². The summed E-state index contributed by atoms with van der Waals surface area (Å²) in [6, 6.07) is 13.1. The lowest BCUT2D eigenvalue weighted by atomic mass is 9.93. The van der Waals surface area contributed by atoms with Crippen LogP contribution in [-0.4, -0.2) is 47.5 Å². The number of ketones is 1. The molecule has 1 fully saturated rings. The number of Topliss-reactive ketones (excluding diaryl/α,β-unsaturated/α-hetero) is 1. The SMILES string of the molecule is CCOc1ccc(C(O)=C2C(=O)C(=O)N(Cc3cccnc3)[C@@H]2c2ccc(OC)c(OC)c2)c(C)c1. The quantitative estimate of drug-likeness (QED) is 0.285. The molecule has 1 aromatic heterocycles. The van der Waals surface area contributed by atoms with Crippen molar-refractivity contribution < 1.29 is 28.9 Å². The van der Waals surface area contributed by atoms with Gasteiger partial charge in [-0.25, -0.2) is 0 Å². The van der Waals surface area contributed by atoms with Crippen LogP contribution in [0.15, 0.2) is 66.5 Å². The smallest absolute Gasteiger partial charge is 0.295 e. The lowest BCUT2D eigenvalue weighted by molar-refractivity contribution is -0.140. The van der Waals surface area contributed by atoms with Crippen molar-refractivity contribution in [3.8, 4) is 17.2 Å². The minimum atomic E-state index is -0.851. The molecular formula is C28H28N2O6. The predicted octanol–water partition coefficient (Wildman–Crippen LogP) is 4.43. The average molecular weight is 489 g/mol. The average Bonchev–Trinajstić information content (AvgIpc) is 3.13. The summed E-state index contributed by atoms with van der Waals surface area (Å²) in [6.07, 6.45) is 3.28. The number of nitrogens with zero attached hydrogens (tertiary/aromatic N) is 2. The van der Waals surface area contributed by atoms with Crippen LogP contribution in [0, 0.1) is 6.92 Å². The summed E-state index contributed by atoms with van der Waals surface area (Å²) in [4.78, 5) is 32.2. The third kappa shape index (κ3) is 4.62. The molecule has 1 N–H and O–H groups in total. The van der Waals surface area contributed by atoms with Gasteiger partial charge in [0.25, 0.3) is 11.7 Å². The van der Waals surface area contributed by atoms with Gasteiger partial charge in [0.2, 0.25) is 0 Å². The molecule has 0 aliphatic carbocycles. The Morgan fingerprint density at radius 1 is 1.06 bits per heavy atom. The zero-order valence-corrected chi connectivity index (χ0v) is 20.6. The van der Waals surface area contributed by atoms with Crippen molar-refractivity contribution in [3.05, 3.63) is 88.8 Å². The molecule has 0 unspecified atom stereocenters. The number of aliphatic hydroxyl groups excluding tert-OH is 1. The topological polar surface area (TPSA) is 98.2 Å². The molecule has 8 heteroatoms. The summed E-state index contributed by atoms with van der Waals surface area (Å²) >= 11 is 0. The summed E-state index contributed by atoms with van der Waals surface area (Å²) in [7, 11) is 3.04. The molecule has 1 saturated heterocycles. The highest BCUT2D eigenvalue weighted by atomic mass is 16.5. The van der Waals surface area contributed by atoms with Crippen molar-refractivity contribution in [3.63, 3.8) is 0 Å². The van der Waals surface area contributed by atoms with E-state index in [1.165, 1.54) is 19.1 Å². The van der Waals surface area contributed by atoms with Crippen LogP contribution in [0.1, 0.15) is 35.2 Å². The third-order valence-corrected chi connectivity index (χ3v) is 6.10. The number of aryl methyl sites for hydroxylation is 1. The maximum atomic E-state index is 13.4. The van der Waals surface area contributed by atoms with Crippen LogP contribution in [0.3, 0.4) is 0 Å². The molecule has 8 nitrogen and oxygen atoms in total. The molecular weight excluding hydrogens is 460 g/mol. The highest BCUT2D eigenvalue weighted by Gasteiger charge is 2.46. The van der Waals surface area contributed by atoms with E-state index in [1.54, 1.807) is 54.9 Å². The fourth-order valence-corrected chi connectivity index (χ4v) is 4.40. The summed E-state index contributed by atoms with van der Waals surface area (Å²) in [5, 5.41) is 11.4. The first-order chi connectivity index (χ1) is 17.4. The van der Waals surface area contributed by atoms with E-state index in [2.05, 4.69) is 4.98 Å². The predicted molar refractivity (Wildman–Crippen MR) is 134 cm³/mol. The lowest BCUT2D eigenvalue weighted by Crippen LogP contribution is -2.29. The second-order valence-electron chi connectivity index (χ2n) is 8.31. The zero-order valence-electron chi connectivity index (χ0n) is 20.6. The first-order valence-electron chi connectivity index (χ1n) is 11.5. The number of hydrogen-bond donors (Lipinski definition) is 1. The molecule has 36 heavy (non-hydrogen) atoms. The van der Waals surface area contributed by atoms with Crippen LogP contribution in [0.2, 0.25) is 0 Å². The van der Waals surface area contributed by atoms with Gasteiger partial charge in [0.15, 0.2) is 11.5 Å². The second kappa shape index (κ2) is 10.5. The normalized spacial score (nSPS) is 16.8. The van der Waals surface area contributed by atoms with Gasteiger partial charge in [0.05, 0.1) is 32.4 Å². The molecule has 0 saturated carbocycles. The first-order valence-corrected chi connectivity index (χ1v) is 11.5. The Balaban J connectivity index is 1.89. The van der Waals surface area contributed by atoms with E-state index >= 15 is 0 Å². The maximum Gasteiger partial charge on any atom is 0.295 e. The number of carbonyl (C=O) groups is 2. The monoisotopic (exact) mass is 488 g/mol. The van der Waals surface area contributed by atoms with Crippen molar-refractivity contribution in [2.24, 2.45) is 0 Å². The number of ether oxygens (including phenoxy) is 3. The van der Waals surface area contributed by atoms with E-state index in [1.807, 2.05) is 19.9 Å². The molecule has 4 rings (SSSR count). The highest BCUT2D eigenvalue weighted by molar-refractivity contribution is 6.46. The summed E-state index contributed by atoms with van der Waals surface area (Å²) < 4.78 is 16.4. The van der Waals surface area contributed by atoms with Gasteiger partial charge in [-0.15, -0.1) is 0 Å². The number of aliphatic hydroxyl groups is 1. The summed E-state index contributed by atoms with van der Waals surface area (Å²) in [5.41, 5.74) is 2.51. The minimum Gasteiger partial charge on any atom is -0.507 e. The van der Waals surface area contributed by atoms with Crippen molar-refractivity contribution in [1.82, 2.24) is 9.88 Å². The molecule has 2 aromatic carbocycles. The number of aromatic nitrogens is 1. The van der Waals surface area contributed by atoms with Gasteiger partial charge in [-0.2, -0.15) is 0 Å². The lowest BCUT2D eigenvalue weighted by Gasteiger charge is -2.26. The van der Waals surface area contributed by atoms with Crippen LogP contribution in [0.25, 0.3) is 5.76 Å². The number of methoxy groups -OCH3 is 2. The second-order valence-corrected chi connectivity index (χ2v) is 8.31. The van der Waals surface area contributed by atoms with Crippen molar-refractivity contribution in [2.75, 3.05) is 20.8 Å². The van der Waals surface area contributed by atoms with Gasteiger partial charge in [-0.1, -0.05) is 12.1 Å². The standard InChI is InChI=1S/C28H28N2O6/c1-5-36-20-9-10-21(17(2)13-20)26(31)24-25(19-8-11-22(34-3)23(14-19)35-4)30(28(33)27(24)32)16-18-7-6-12-29-15-18/h6-15,25,31H,5,16H2,1-4H3/t25-/m1/s1. The number of benzene rings is 2. The number of rotatable bonds is 8. The Labute approximate surface area is 209 Å². The van der Waals surface area contributed by atoms with Gasteiger partial charge < -0.3 is 24.2 Å². The van der Waals surface area contributed by atoms with E-state index in [9.17, 15) is 14.7 Å². The van der Waals surface area contributed by atoms with Crippen LogP contribution in [0.4, 0.5) is 0 Å².